The van der Waals surface area contributed by atoms with Crippen LogP contribution >= 0.6 is 0 Å². The van der Waals surface area contributed by atoms with Crippen molar-refractivity contribution < 1.29 is 4.92 Å². The standard InChI is InChI=1S/C13H17N5O2/c1-9-6-13(15-8-12(9)18(19)20)14-5-3-4-11-7-16-17-10(11)2/h6-8H,3-5H2,1-2H3,(H,14,15)(H,16,17). The van der Waals surface area contributed by atoms with Gasteiger partial charge in [0.15, 0.2) is 0 Å². The van der Waals surface area contributed by atoms with Crippen molar-refractivity contribution in [1.29, 1.82) is 0 Å². The van der Waals surface area contributed by atoms with Gasteiger partial charge in [-0.25, -0.2) is 4.98 Å². The highest BCUT2D eigenvalue weighted by Gasteiger charge is 2.11. The zero-order valence-electron chi connectivity index (χ0n) is 11.5. The van der Waals surface area contributed by atoms with E-state index >= 15 is 0 Å². The topological polar surface area (TPSA) is 96.7 Å². The van der Waals surface area contributed by atoms with Crippen LogP contribution in [-0.4, -0.2) is 26.6 Å². The summed E-state index contributed by atoms with van der Waals surface area (Å²) in [5.41, 5.74) is 2.96. The van der Waals surface area contributed by atoms with Gasteiger partial charge in [0.25, 0.3) is 5.69 Å². The van der Waals surface area contributed by atoms with E-state index in [9.17, 15) is 10.1 Å². The lowest BCUT2D eigenvalue weighted by Gasteiger charge is -2.06. The summed E-state index contributed by atoms with van der Waals surface area (Å²) in [6.07, 6.45) is 5.00. The minimum atomic E-state index is -0.423. The molecule has 7 nitrogen and oxygen atoms in total. The molecule has 2 rings (SSSR count). The molecule has 0 saturated carbocycles. The molecule has 0 aliphatic heterocycles. The molecule has 20 heavy (non-hydrogen) atoms. The van der Waals surface area contributed by atoms with E-state index in [1.54, 1.807) is 13.0 Å². The lowest BCUT2D eigenvalue weighted by Crippen LogP contribution is -2.05. The number of H-pyrrole nitrogens is 1. The summed E-state index contributed by atoms with van der Waals surface area (Å²) in [6, 6.07) is 1.70. The Morgan fingerprint density at radius 2 is 2.20 bits per heavy atom. The molecule has 0 saturated heterocycles. The van der Waals surface area contributed by atoms with Crippen LogP contribution in [0.3, 0.4) is 0 Å². The minimum absolute atomic E-state index is 0.0459. The highest BCUT2D eigenvalue weighted by atomic mass is 16.6. The molecule has 0 amide bonds. The maximum Gasteiger partial charge on any atom is 0.290 e. The van der Waals surface area contributed by atoms with E-state index in [1.807, 2.05) is 13.1 Å². The second-order valence-electron chi connectivity index (χ2n) is 4.66. The number of nitrogens with one attached hydrogen (secondary N) is 2. The average Bonchev–Trinajstić information content (AvgIpc) is 2.80. The summed E-state index contributed by atoms with van der Waals surface area (Å²) in [7, 11) is 0. The van der Waals surface area contributed by atoms with Crippen molar-refractivity contribution in [3.05, 3.63) is 45.4 Å². The number of nitro groups is 1. The number of anilines is 1. The van der Waals surface area contributed by atoms with E-state index < -0.39 is 4.92 Å². The van der Waals surface area contributed by atoms with Crippen LogP contribution in [0.1, 0.15) is 23.2 Å². The molecule has 0 aliphatic carbocycles. The first-order valence-electron chi connectivity index (χ1n) is 6.41. The van der Waals surface area contributed by atoms with Gasteiger partial charge in [-0.3, -0.25) is 15.2 Å². The van der Waals surface area contributed by atoms with Crippen molar-refractivity contribution in [2.24, 2.45) is 0 Å². The predicted molar refractivity (Wildman–Crippen MR) is 75.8 cm³/mol. The third-order valence-electron chi connectivity index (χ3n) is 3.14. The maximum atomic E-state index is 10.7. The van der Waals surface area contributed by atoms with Gasteiger partial charge in [-0.15, -0.1) is 0 Å². The van der Waals surface area contributed by atoms with Crippen LogP contribution in [0.2, 0.25) is 0 Å². The summed E-state index contributed by atoms with van der Waals surface area (Å²) in [4.78, 5) is 14.3. The van der Waals surface area contributed by atoms with Gasteiger partial charge in [-0.1, -0.05) is 0 Å². The summed E-state index contributed by atoms with van der Waals surface area (Å²) < 4.78 is 0. The summed E-state index contributed by atoms with van der Waals surface area (Å²) in [6.45, 7) is 4.46. The largest absolute Gasteiger partial charge is 0.370 e. The Morgan fingerprint density at radius 3 is 2.80 bits per heavy atom. The Hall–Kier alpha value is -2.44. The third-order valence-corrected chi connectivity index (χ3v) is 3.14. The van der Waals surface area contributed by atoms with Crippen LogP contribution < -0.4 is 5.32 Å². The summed E-state index contributed by atoms with van der Waals surface area (Å²) in [5, 5.41) is 20.7. The van der Waals surface area contributed by atoms with Crippen molar-refractivity contribution in [2.75, 3.05) is 11.9 Å². The van der Waals surface area contributed by atoms with Crippen LogP contribution in [0, 0.1) is 24.0 Å². The van der Waals surface area contributed by atoms with E-state index in [1.165, 1.54) is 11.8 Å². The number of aromatic amines is 1. The Kier molecular flexibility index (Phi) is 4.29. The molecule has 0 unspecified atom stereocenters. The lowest BCUT2D eigenvalue weighted by molar-refractivity contribution is -0.385. The van der Waals surface area contributed by atoms with Gasteiger partial charge in [0, 0.05) is 17.8 Å². The van der Waals surface area contributed by atoms with Gasteiger partial charge < -0.3 is 5.32 Å². The smallest absolute Gasteiger partial charge is 0.290 e. The second kappa shape index (κ2) is 6.14. The molecule has 2 N–H and O–H groups in total. The predicted octanol–water partition coefficient (Wildman–Crippen LogP) is 2.37. The molecule has 0 aliphatic rings. The second-order valence-corrected chi connectivity index (χ2v) is 4.66. The maximum absolute atomic E-state index is 10.7. The zero-order chi connectivity index (χ0) is 14.5. The number of hydrogen-bond acceptors (Lipinski definition) is 5. The highest BCUT2D eigenvalue weighted by Crippen LogP contribution is 2.18. The van der Waals surface area contributed by atoms with Gasteiger partial charge in [-0.2, -0.15) is 5.10 Å². The van der Waals surface area contributed by atoms with Gasteiger partial charge >= 0.3 is 0 Å². The molecule has 2 heterocycles. The van der Waals surface area contributed by atoms with Crippen molar-refractivity contribution in [2.45, 2.75) is 26.7 Å². The molecule has 0 atom stereocenters. The van der Waals surface area contributed by atoms with Crippen molar-refractivity contribution in [3.63, 3.8) is 0 Å². The van der Waals surface area contributed by atoms with Crippen molar-refractivity contribution in [3.8, 4) is 0 Å². The lowest BCUT2D eigenvalue weighted by atomic mass is 10.1. The van der Waals surface area contributed by atoms with Crippen LogP contribution in [0.5, 0.6) is 0 Å². The molecule has 106 valence electrons. The van der Waals surface area contributed by atoms with E-state index in [2.05, 4.69) is 20.5 Å². The normalized spacial score (nSPS) is 10.5. The molecule has 0 bridgehead atoms. The van der Waals surface area contributed by atoms with Crippen molar-refractivity contribution in [1.82, 2.24) is 15.2 Å². The molecule has 0 aromatic carbocycles. The molecule has 0 fully saturated rings. The quantitative estimate of drug-likeness (QED) is 0.479. The Balaban J connectivity index is 1.84. The number of rotatable bonds is 6. The molecule has 0 spiro atoms. The minimum Gasteiger partial charge on any atom is -0.370 e. The fourth-order valence-electron chi connectivity index (χ4n) is 1.96. The molecule has 7 heteroatoms. The Morgan fingerprint density at radius 1 is 1.40 bits per heavy atom. The fourth-order valence-corrected chi connectivity index (χ4v) is 1.96. The Labute approximate surface area is 116 Å². The van der Waals surface area contributed by atoms with Gasteiger partial charge in [0.1, 0.15) is 12.0 Å². The zero-order valence-corrected chi connectivity index (χ0v) is 11.5. The van der Waals surface area contributed by atoms with Crippen LogP contribution in [0.15, 0.2) is 18.5 Å². The van der Waals surface area contributed by atoms with Crippen LogP contribution in [0.4, 0.5) is 11.5 Å². The summed E-state index contributed by atoms with van der Waals surface area (Å²) in [5.74, 6) is 0.664. The molecule has 2 aromatic rings. The number of nitrogens with zero attached hydrogens (tertiary/aromatic N) is 3. The van der Waals surface area contributed by atoms with Gasteiger partial charge in [-0.05, 0) is 38.3 Å². The number of aryl methyl sites for hydroxylation is 3. The average molecular weight is 275 g/mol. The summed E-state index contributed by atoms with van der Waals surface area (Å²) >= 11 is 0. The first-order chi connectivity index (χ1) is 9.58. The number of aromatic nitrogens is 3. The Bertz CT molecular complexity index is 609. The van der Waals surface area contributed by atoms with Crippen molar-refractivity contribution >= 4 is 11.5 Å². The molecule has 2 aromatic heterocycles. The fraction of sp³-hybridized carbons (Fsp3) is 0.385. The number of hydrogen-bond donors (Lipinski definition) is 2. The van der Waals surface area contributed by atoms with Gasteiger partial charge in [0.05, 0.1) is 11.1 Å². The van der Waals surface area contributed by atoms with Crippen LogP contribution in [-0.2, 0) is 6.42 Å². The van der Waals surface area contributed by atoms with Gasteiger partial charge in [0.2, 0.25) is 0 Å². The van der Waals surface area contributed by atoms with Crippen LogP contribution in [0.25, 0.3) is 0 Å². The first-order valence-corrected chi connectivity index (χ1v) is 6.41. The van der Waals surface area contributed by atoms with E-state index in [4.69, 9.17) is 0 Å². The number of pyridine rings is 1. The highest BCUT2D eigenvalue weighted by molar-refractivity contribution is 5.46. The monoisotopic (exact) mass is 275 g/mol. The first kappa shape index (κ1) is 14.0. The third kappa shape index (κ3) is 3.31. The molecule has 0 radical (unpaired) electrons. The molecular weight excluding hydrogens is 258 g/mol. The van der Waals surface area contributed by atoms with E-state index in [-0.39, 0.29) is 5.69 Å². The van der Waals surface area contributed by atoms with E-state index in [0.717, 1.165) is 25.1 Å². The SMILES string of the molecule is Cc1cc(NCCCc2cn[nH]c2C)ncc1[N+](=O)[O-]. The van der Waals surface area contributed by atoms with E-state index in [0.29, 0.717) is 11.4 Å². The molecular formula is C13H17N5O2.